The van der Waals surface area contributed by atoms with E-state index in [1.165, 1.54) is 0 Å². The van der Waals surface area contributed by atoms with Gasteiger partial charge in [0.25, 0.3) is 0 Å². The van der Waals surface area contributed by atoms with E-state index in [2.05, 4.69) is 10.3 Å². The Bertz CT molecular complexity index is 550. The Balaban J connectivity index is 1.83. The number of nitrogens with one attached hydrogen (secondary N) is 1. The molecular formula is C14H17N3O. The number of aromatic nitrogens is 1. The molecule has 1 saturated heterocycles. The maximum atomic E-state index is 6.00. The number of piperidine rings is 1. The molecule has 1 aliphatic heterocycles. The second-order valence-corrected chi connectivity index (χ2v) is 4.69. The standard InChI is InChI=1S/C14H17N3O/c15-14-8-11-7-13(2-1-10(11)9-17-14)18-12-3-5-16-6-4-12/h1-2,7-9,12,16H,3-6H2,(H2,15,17). The summed E-state index contributed by atoms with van der Waals surface area (Å²) in [6.07, 6.45) is 4.24. The van der Waals surface area contributed by atoms with Gasteiger partial charge in [0.15, 0.2) is 0 Å². The van der Waals surface area contributed by atoms with Crippen LogP contribution in [0.2, 0.25) is 0 Å². The lowest BCUT2D eigenvalue weighted by atomic mass is 10.1. The molecular weight excluding hydrogens is 226 g/mol. The molecule has 2 aromatic rings. The normalized spacial score (nSPS) is 16.9. The van der Waals surface area contributed by atoms with Crippen LogP contribution >= 0.6 is 0 Å². The second-order valence-electron chi connectivity index (χ2n) is 4.69. The third-order valence-electron chi connectivity index (χ3n) is 3.30. The molecule has 1 fully saturated rings. The largest absolute Gasteiger partial charge is 0.490 e. The van der Waals surface area contributed by atoms with E-state index in [0.717, 1.165) is 42.5 Å². The van der Waals surface area contributed by atoms with Gasteiger partial charge in [0.1, 0.15) is 17.7 Å². The lowest BCUT2D eigenvalue weighted by Crippen LogP contribution is -2.34. The number of pyridine rings is 1. The maximum Gasteiger partial charge on any atom is 0.123 e. The summed E-state index contributed by atoms with van der Waals surface area (Å²) in [6, 6.07) is 7.94. The predicted molar refractivity (Wildman–Crippen MR) is 72.7 cm³/mol. The molecule has 18 heavy (non-hydrogen) atoms. The zero-order valence-corrected chi connectivity index (χ0v) is 10.2. The fourth-order valence-corrected chi connectivity index (χ4v) is 2.32. The quantitative estimate of drug-likeness (QED) is 0.846. The van der Waals surface area contributed by atoms with Gasteiger partial charge in [-0.1, -0.05) is 0 Å². The predicted octanol–water partition coefficient (Wildman–Crippen LogP) is 1.95. The van der Waals surface area contributed by atoms with Gasteiger partial charge in [-0.25, -0.2) is 4.98 Å². The van der Waals surface area contributed by atoms with E-state index in [1.54, 1.807) is 6.20 Å². The van der Waals surface area contributed by atoms with Crippen LogP contribution in [0.1, 0.15) is 12.8 Å². The van der Waals surface area contributed by atoms with Crippen LogP contribution in [0.3, 0.4) is 0 Å². The van der Waals surface area contributed by atoms with Gasteiger partial charge in [-0.15, -0.1) is 0 Å². The molecule has 0 atom stereocenters. The van der Waals surface area contributed by atoms with Gasteiger partial charge in [-0.2, -0.15) is 0 Å². The van der Waals surface area contributed by atoms with Crippen LogP contribution in [-0.2, 0) is 0 Å². The van der Waals surface area contributed by atoms with Gasteiger partial charge in [0.2, 0.25) is 0 Å². The van der Waals surface area contributed by atoms with E-state index in [-0.39, 0.29) is 0 Å². The second kappa shape index (κ2) is 4.82. The third kappa shape index (κ3) is 2.38. The number of fused-ring (bicyclic) bond motifs is 1. The minimum atomic E-state index is 0.322. The summed E-state index contributed by atoms with van der Waals surface area (Å²) in [5.74, 6) is 1.46. The summed E-state index contributed by atoms with van der Waals surface area (Å²) in [7, 11) is 0. The average molecular weight is 243 g/mol. The number of rotatable bonds is 2. The first-order valence-corrected chi connectivity index (χ1v) is 6.34. The Hall–Kier alpha value is -1.81. The number of ether oxygens (including phenoxy) is 1. The highest BCUT2D eigenvalue weighted by molar-refractivity contribution is 5.84. The average Bonchev–Trinajstić information content (AvgIpc) is 2.39. The van der Waals surface area contributed by atoms with Crippen molar-refractivity contribution in [3.8, 4) is 5.75 Å². The van der Waals surface area contributed by atoms with Gasteiger partial charge in [-0.3, -0.25) is 0 Å². The van der Waals surface area contributed by atoms with Gasteiger partial charge >= 0.3 is 0 Å². The SMILES string of the molecule is Nc1cc2cc(OC3CCNCC3)ccc2cn1. The van der Waals surface area contributed by atoms with Crippen molar-refractivity contribution in [1.82, 2.24) is 10.3 Å². The van der Waals surface area contributed by atoms with Crippen molar-refractivity contribution in [3.05, 3.63) is 30.5 Å². The molecule has 2 heterocycles. The van der Waals surface area contributed by atoms with Gasteiger partial charge < -0.3 is 15.8 Å². The van der Waals surface area contributed by atoms with Crippen LogP contribution in [0.5, 0.6) is 5.75 Å². The van der Waals surface area contributed by atoms with E-state index in [1.807, 2.05) is 24.3 Å². The zero-order chi connectivity index (χ0) is 12.4. The molecule has 0 amide bonds. The molecule has 1 aliphatic rings. The van der Waals surface area contributed by atoms with Crippen molar-refractivity contribution in [1.29, 1.82) is 0 Å². The summed E-state index contributed by atoms with van der Waals surface area (Å²) in [5.41, 5.74) is 5.70. The first-order valence-electron chi connectivity index (χ1n) is 6.34. The van der Waals surface area contributed by atoms with Crippen LogP contribution < -0.4 is 15.8 Å². The minimum absolute atomic E-state index is 0.322. The number of anilines is 1. The van der Waals surface area contributed by atoms with Gasteiger partial charge in [0, 0.05) is 11.6 Å². The summed E-state index contributed by atoms with van der Waals surface area (Å²) in [4.78, 5) is 4.08. The molecule has 0 bridgehead atoms. The van der Waals surface area contributed by atoms with Crippen molar-refractivity contribution in [3.63, 3.8) is 0 Å². The summed E-state index contributed by atoms with van der Waals surface area (Å²) in [6.45, 7) is 2.07. The lowest BCUT2D eigenvalue weighted by molar-refractivity contribution is 0.162. The smallest absolute Gasteiger partial charge is 0.123 e. The molecule has 94 valence electrons. The van der Waals surface area contributed by atoms with Gasteiger partial charge in [-0.05, 0) is 55.6 Å². The number of benzene rings is 1. The Labute approximate surface area is 106 Å². The topological polar surface area (TPSA) is 60.2 Å². The number of hydrogen-bond acceptors (Lipinski definition) is 4. The van der Waals surface area contributed by atoms with Crippen molar-refractivity contribution in [2.24, 2.45) is 0 Å². The lowest BCUT2D eigenvalue weighted by Gasteiger charge is -2.23. The molecule has 0 aliphatic carbocycles. The first-order chi connectivity index (χ1) is 8.81. The van der Waals surface area contributed by atoms with Crippen molar-refractivity contribution in [2.75, 3.05) is 18.8 Å². The van der Waals surface area contributed by atoms with Crippen LogP contribution in [0.4, 0.5) is 5.82 Å². The van der Waals surface area contributed by atoms with Crippen LogP contribution in [0.25, 0.3) is 10.8 Å². The fraction of sp³-hybridized carbons (Fsp3) is 0.357. The first kappa shape index (κ1) is 11.3. The highest BCUT2D eigenvalue weighted by Gasteiger charge is 2.14. The van der Waals surface area contributed by atoms with Gasteiger partial charge in [0.05, 0.1) is 0 Å². The number of nitrogens with two attached hydrogens (primary N) is 1. The monoisotopic (exact) mass is 243 g/mol. The fourth-order valence-electron chi connectivity index (χ4n) is 2.32. The zero-order valence-electron chi connectivity index (χ0n) is 10.2. The molecule has 4 nitrogen and oxygen atoms in total. The molecule has 4 heteroatoms. The van der Waals surface area contributed by atoms with Crippen LogP contribution in [0.15, 0.2) is 30.5 Å². The number of nitrogens with zero attached hydrogens (tertiary/aromatic N) is 1. The Kier molecular flexibility index (Phi) is 3.02. The molecule has 3 rings (SSSR count). The molecule has 0 unspecified atom stereocenters. The Morgan fingerprint density at radius 2 is 2.00 bits per heavy atom. The number of hydrogen-bond donors (Lipinski definition) is 2. The third-order valence-corrected chi connectivity index (χ3v) is 3.30. The van der Waals surface area contributed by atoms with E-state index >= 15 is 0 Å². The Morgan fingerprint density at radius 3 is 2.83 bits per heavy atom. The molecule has 0 spiro atoms. The summed E-state index contributed by atoms with van der Waals surface area (Å²) >= 11 is 0. The minimum Gasteiger partial charge on any atom is -0.490 e. The molecule has 1 aromatic carbocycles. The van der Waals surface area contributed by atoms with Crippen molar-refractivity contribution in [2.45, 2.75) is 18.9 Å². The van der Waals surface area contributed by atoms with Crippen molar-refractivity contribution >= 4 is 16.6 Å². The molecule has 1 aromatic heterocycles. The summed E-state index contributed by atoms with van der Waals surface area (Å²) in [5, 5.41) is 5.50. The van der Waals surface area contributed by atoms with E-state index in [0.29, 0.717) is 11.9 Å². The van der Waals surface area contributed by atoms with Crippen LogP contribution in [-0.4, -0.2) is 24.2 Å². The molecule has 0 radical (unpaired) electrons. The summed E-state index contributed by atoms with van der Waals surface area (Å²) < 4.78 is 6.00. The molecule has 0 saturated carbocycles. The highest BCUT2D eigenvalue weighted by Crippen LogP contribution is 2.23. The molecule has 3 N–H and O–H groups in total. The maximum absolute atomic E-state index is 6.00. The van der Waals surface area contributed by atoms with E-state index < -0.39 is 0 Å². The number of nitrogen functional groups attached to an aromatic ring is 1. The highest BCUT2D eigenvalue weighted by atomic mass is 16.5. The Morgan fingerprint density at radius 1 is 1.17 bits per heavy atom. The van der Waals surface area contributed by atoms with Crippen molar-refractivity contribution < 1.29 is 4.74 Å². The van der Waals surface area contributed by atoms with E-state index in [9.17, 15) is 0 Å². The van der Waals surface area contributed by atoms with Crippen LogP contribution in [0, 0.1) is 0 Å². The van der Waals surface area contributed by atoms with E-state index in [4.69, 9.17) is 10.5 Å².